The number of furan rings is 1. The first-order valence-electron chi connectivity index (χ1n) is 16.4. The van der Waals surface area contributed by atoms with E-state index in [9.17, 15) is 0 Å². The van der Waals surface area contributed by atoms with Gasteiger partial charge in [0.1, 0.15) is 11.2 Å². The summed E-state index contributed by atoms with van der Waals surface area (Å²) in [6, 6.07) is 63.2. The van der Waals surface area contributed by atoms with Gasteiger partial charge in [-0.15, -0.1) is 0 Å². The highest BCUT2D eigenvalue weighted by atomic mass is 16.3. The monoisotopic (exact) mass is 611 g/mol. The second kappa shape index (κ2) is 10.6. The van der Waals surface area contributed by atoms with Crippen LogP contribution in [0.3, 0.4) is 0 Å². The highest BCUT2D eigenvalue weighted by Crippen LogP contribution is 2.45. The van der Waals surface area contributed by atoms with Crippen molar-refractivity contribution >= 4 is 82.1 Å². The van der Waals surface area contributed by atoms with E-state index in [2.05, 4.69) is 181 Å². The van der Waals surface area contributed by atoms with Crippen LogP contribution in [-0.2, 0) is 0 Å². The average Bonchev–Trinajstić information content (AvgIpc) is 3.55. The Morgan fingerprint density at radius 2 is 1.00 bits per heavy atom. The van der Waals surface area contributed by atoms with Crippen molar-refractivity contribution in [2.75, 3.05) is 4.90 Å². The van der Waals surface area contributed by atoms with Crippen LogP contribution in [0.4, 0.5) is 17.1 Å². The van der Waals surface area contributed by atoms with E-state index in [1.54, 1.807) is 0 Å². The Kier molecular flexibility index (Phi) is 5.91. The summed E-state index contributed by atoms with van der Waals surface area (Å²) in [5, 5.41) is 12.2. The zero-order chi connectivity index (χ0) is 31.6. The van der Waals surface area contributed by atoms with Gasteiger partial charge in [-0.1, -0.05) is 127 Å². The number of benzene rings is 9. The SMILES string of the molecule is c1ccc(N(c2ccc(-c3cc4ccccc4c4ccc5ccccc5c34)cc2)c2cccc3oc4c5ccccc5ccc4c23)cc1. The molecule has 2 nitrogen and oxygen atoms in total. The molecule has 2 heteroatoms. The first-order chi connectivity index (χ1) is 23.8. The fraction of sp³-hybridized carbons (Fsp3) is 0. The van der Waals surface area contributed by atoms with Gasteiger partial charge in [0.2, 0.25) is 0 Å². The molecule has 10 aromatic rings. The summed E-state index contributed by atoms with van der Waals surface area (Å²) in [6.07, 6.45) is 0. The molecule has 0 aliphatic carbocycles. The fourth-order valence-electron chi connectivity index (χ4n) is 7.63. The first kappa shape index (κ1) is 26.8. The Morgan fingerprint density at radius 3 is 1.79 bits per heavy atom. The van der Waals surface area contributed by atoms with Crippen LogP contribution in [0.1, 0.15) is 0 Å². The summed E-state index contributed by atoms with van der Waals surface area (Å²) in [5.74, 6) is 0. The number of fused-ring (bicyclic) bond motifs is 10. The Bertz CT molecular complexity index is 2830. The molecule has 0 spiro atoms. The summed E-state index contributed by atoms with van der Waals surface area (Å²) in [4.78, 5) is 2.35. The molecule has 0 saturated carbocycles. The maximum atomic E-state index is 6.59. The van der Waals surface area contributed by atoms with E-state index in [4.69, 9.17) is 4.42 Å². The predicted octanol–water partition coefficient (Wildman–Crippen LogP) is 13.3. The van der Waals surface area contributed by atoms with Crippen molar-refractivity contribution in [3.8, 4) is 11.1 Å². The van der Waals surface area contributed by atoms with E-state index in [1.807, 2.05) is 0 Å². The quantitative estimate of drug-likeness (QED) is 0.184. The van der Waals surface area contributed by atoms with Crippen LogP contribution >= 0.6 is 0 Å². The molecule has 224 valence electrons. The molecule has 0 saturated heterocycles. The lowest BCUT2D eigenvalue weighted by molar-refractivity contribution is 0.672. The van der Waals surface area contributed by atoms with Crippen molar-refractivity contribution in [2.24, 2.45) is 0 Å². The second-order valence-electron chi connectivity index (χ2n) is 12.5. The van der Waals surface area contributed by atoms with E-state index in [1.165, 1.54) is 48.8 Å². The van der Waals surface area contributed by atoms with Crippen molar-refractivity contribution in [1.82, 2.24) is 0 Å². The largest absolute Gasteiger partial charge is 0.455 e. The van der Waals surface area contributed by atoms with Crippen molar-refractivity contribution < 1.29 is 4.42 Å². The molecule has 1 aromatic heterocycles. The number of hydrogen-bond donors (Lipinski definition) is 0. The van der Waals surface area contributed by atoms with Crippen LogP contribution in [0.25, 0.3) is 76.2 Å². The number of anilines is 3. The average molecular weight is 612 g/mol. The Hall–Kier alpha value is -6.38. The van der Waals surface area contributed by atoms with Gasteiger partial charge in [-0.3, -0.25) is 0 Å². The molecule has 0 radical (unpaired) electrons. The normalized spacial score (nSPS) is 11.8. The molecule has 0 bridgehead atoms. The van der Waals surface area contributed by atoms with Crippen LogP contribution in [0, 0.1) is 0 Å². The van der Waals surface area contributed by atoms with Crippen LogP contribution in [0.2, 0.25) is 0 Å². The smallest absolute Gasteiger partial charge is 0.143 e. The molecule has 0 aliphatic heterocycles. The van der Waals surface area contributed by atoms with E-state index in [0.717, 1.165) is 44.4 Å². The molecule has 1 heterocycles. The summed E-state index contributed by atoms with van der Waals surface area (Å²) in [5.41, 5.74) is 7.51. The van der Waals surface area contributed by atoms with E-state index in [0.29, 0.717) is 0 Å². The first-order valence-corrected chi connectivity index (χ1v) is 16.4. The number of hydrogen-bond acceptors (Lipinski definition) is 2. The Morgan fingerprint density at radius 1 is 0.375 bits per heavy atom. The maximum absolute atomic E-state index is 6.59. The van der Waals surface area contributed by atoms with Crippen molar-refractivity contribution in [3.63, 3.8) is 0 Å². The van der Waals surface area contributed by atoms with Gasteiger partial charge in [0.05, 0.1) is 11.1 Å². The van der Waals surface area contributed by atoms with Gasteiger partial charge in [-0.25, -0.2) is 0 Å². The summed E-state index contributed by atoms with van der Waals surface area (Å²) < 4.78 is 6.59. The molecule has 0 aliphatic rings. The summed E-state index contributed by atoms with van der Waals surface area (Å²) >= 11 is 0. The minimum absolute atomic E-state index is 0.880. The fourth-order valence-corrected chi connectivity index (χ4v) is 7.63. The topological polar surface area (TPSA) is 16.4 Å². The standard InChI is InChI=1S/C46H29NO/c1-2-14-34(15-3-1)47(42-19-10-20-43-45(42)40-28-24-31-12-5-9-18-38(31)46(40)48-43)35-25-21-32(22-26-35)41-29-33-13-6-7-16-36(33)39-27-23-30-11-4-8-17-37(30)44(39)41/h1-29H. The van der Waals surface area contributed by atoms with Crippen molar-refractivity contribution in [1.29, 1.82) is 0 Å². The van der Waals surface area contributed by atoms with Gasteiger partial charge < -0.3 is 9.32 Å². The molecular weight excluding hydrogens is 583 g/mol. The van der Waals surface area contributed by atoms with Crippen LogP contribution in [-0.4, -0.2) is 0 Å². The number of para-hydroxylation sites is 1. The molecule has 0 N–H and O–H groups in total. The lowest BCUT2D eigenvalue weighted by atomic mass is 9.90. The van der Waals surface area contributed by atoms with Crippen molar-refractivity contribution in [2.45, 2.75) is 0 Å². The van der Waals surface area contributed by atoms with Gasteiger partial charge in [0, 0.05) is 22.1 Å². The molecule has 0 atom stereocenters. The molecule has 10 rings (SSSR count). The van der Waals surface area contributed by atoms with Gasteiger partial charge >= 0.3 is 0 Å². The minimum atomic E-state index is 0.880. The van der Waals surface area contributed by atoms with Crippen LogP contribution < -0.4 is 4.90 Å². The van der Waals surface area contributed by atoms with Gasteiger partial charge in [-0.05, 0) is 97.4 Å². The lowest BCUT2D eigenvalue weighted by Crippen LogP contribution is -2.10. The lowest BCUT2D eigenvalue weighted by Gasteiger charge is -2.26. The van der Waals surface area contributed by atoms with E-state index >= 15 is 0 Å². The molecule has 48 heavy (non-hydrogen) atoms. The third kappa shape index (κ3) is 4.06. The Labute approximate surface area is 277 Å². The summed E-state index contributed by atoms with van der Waals surface area (Å²) in [6.45, 7) is 0. The third-order valence-corrected chi connectivity index (χ3v) is 9.81. The minimum Gasteiger partial charge on any atom is -0.455 e. The second-order valence-corrected chi connectivity index (χ2v) is 12.5. The predicted molar refractivity (Wildman–Crippen MR) is 204 cm³/mol. The van der Waals surface area contributed by atoms with Crippen molar-refractivity contribution in [3.05, 3.63) is 176 Å². The molecule has 9 aromatic carbocycles. The van der Waals surface area contributed by atoms with E-state index < -0.39 is 0 Å². The summed E-state index contributed by atoms with van der Waals surface area (Å²) in [7, 11) is 0. The van der Waals surface area contributed by atoms with Gasteiger partial charge in [0.25, 0.3) is 0 Å². The number of rotatable bonds is 4. The highest BCUT2D eigenvalue weighted by Gasteiger charge is 2.20. The maximum Gasteiger partial charge on any atom is 0.143 e. The van der Waals surface area contributed by atoms with Gasteiger partial charge in [-0.2, -0.15) is 0 Å². The zero-order valence-electron chi connectivity index (χ0n) is 26.1. The molecule has 0 unspecified atom stereocenters. The van der Waals surface area contributed by atoms with Crippen LogP contribution in [0.15, 0.2) is 180 Å². The number of nitrogens with zero attached hydrogens (tertiary/aromatic N) is 1. The third-order valence-electron chi connectivity index (χ3n) is 9.81. The zero-order valence-corrected chi connectivity index (χ0v) is 26.1. The molecular formula is C46H29NO. The highest BCUT2D eigenvalue weighted by molar-refractivity contribution is 6.23. The van der Waals surface area contributed by atoms with Crippen LogP contribution in [0.5, 0.6) is 0 Å². The molecule has 0 fully saturated rings. The molecule has 0 amide bonds. The van der Waals surface area contributed by atoms with Gasteiger partial charge in [0.15, 0.2) is 0 Å². The Balaban J connectivity index is 1.19. The van der Waals surface area contributed by atoms with E-state index in [-0.39, 0.29) is 0 Å².